The highest BCUT2D eigenvalue weighted by Gasteiger charge is 2.23. The van der Waals surface area contributed by atoms with Crippen LogP contribution in [-0.2, 0) is 17.9 Å². The molecule has 8 heteroatoms. The summed E-state index contributed by atoms with van der Waals surface area (Å²) in [6, 6.07) is 12.1. The molecule has 0 aliphatic carbocycles. The Kier molecular flexibility index (Phi) is 5.48. The summed E-state index contributed by atoms with van der Waals surface area (Å²) in [4.78, 5) is 14.7. The first-order chi connectivity index (χ1) is 13.7. The fourth-order valence-corrected chi connectivity index (χ4v) is 3.67. The van der Waals surface area contributed by atoms with Gasteiger partial charge in [-0.15, -0.1) is 5.10 Å². The highest BCUT2D eigenvalue weighted by molar-refractivity contribution is 5.76. The number of aromatic nitrogens is 5. The molecule has 1 unspecified atom stereocenters. The average Bonchev–Trinajstić information content (AvgIpc) is 3.31. The van der Waals surface area contributed by atoms with Crippen molar-refractivity contribution in [1.82, 2.24) is 35.0 Å². The molecule has 0 spiro atoms. The van der Waals surface area contributed by atoms with Crippen molar-refractivity contribution in [2.24, 2.45) is 0 Å². The molecule has 1 aromatic carbocycles. The maximum Gasteiger partial charge on any atom is 0.241 e. The Labute approximate surface area is 164 Å². The zero-order valence-corrected chi connectivity index (χ0v) is 16.0. The molecule has 146 valence electrons. The fourth-order valence-electron chi connectivity index (χ4n) is 3.67. The van der Waals surface area contributed by atoms with Crippen LogP contribution in [0.3, 0.4) is 0 Å². The maximum atomic E-state index is 12.3. The van der Waals surface area contributed by atoms with Crippen LogP contribution in [0.25, 0.3) is 5.69 Å². The van der Waals surface area contributed by atoms with Crippen molar-refractivity contribution in [2.75, 3.05) is 13.1 Å². The van der Waals surface area contributed by atoms with Gasteiger partial charge in [0.25, 0.3) is 0 Å². The second-order valence-corrected chi connectivity index (χ2v) is 7.27. The lowest BCUT2D eigenvalue weighted by molar-refractivity contribution is -0.122. The van der Waals surface area contributed by atoms with Crippen LogP contribution in [0.5, 0.6) is 0 Å². The van der Waals surface area contributed by atoms with Crippen molar-refractivity contribution in [3.63, 3.8) is 0 Å². The second-order valence-electron chi connectivity index (χ2n) is 7.27. The van der Waals surface area contributed by atoms with Crippen LogP contribution in [0.15, 0.2) is 48.8 Å². The Morgan fingerprint density at radius 2 is 2.11 bits per heavy atom. The zero-order chi connectivity index (χ0) is 19.3. The third-order valence-electron chi connectivity index (χ3n) is 4.96. The van der Waals surface area contributed by atoms with Gasteiger partial charge in [0.1, 0.15) is 6.54 Å². The van der Waals surface area contributed by atoms with Gasteiger partial charge in [0.15, 0.2) is 0 Å². The molecular weight excluding hydrogens is 354 g/mol. The van der Waals surface area contributed by atoms with Gasteiger partial charge < -0.3 is 5.32 Å². The lowest BCUT2D eigenvalue weighted by atomic mass is 10.1. The molecule has 1 fully saturated rings. The van der Waals surface area contributed by atoms with Crippen LogP contribution in [0, 0.1) is 6.92 Å². The lowest BCUT2D eigenvalue weighted by Gasteiger charge is -2.33. The molecule has 3 aromatic rings. The Bertz CT molecular complexity index is 918. The SMILES string of the molecule is Cc1ccn(CC(=O)NC2CCCN(Cc3cnnn3-c3ccccc3)C2)n1. The zero-order valence-electron chi connectivity index (χ0n) is 16.0. The van der Waals surface area contributed by atoms with E-state index in [1.807, 2.05) is 60.4 Å². The summed E-state index contributed by atoms with van der Waals surface area (Å²) < 4.78 is 3.55. The van der Waals surface area contributed by atoms with E-state index in [2.05, 4.69) is 25.6 Å². The van der Waals surface area contributed by atoms with Gasteiger partial charge in [0, 0.05) is 25.3 Å². The number of benzene rings is 1. The van der Waals surface area contributed by atoms with E-state index in [9.17, 15) is 4.79 Å². The monoisotopic (exact) mass is 379 g/mol. The quantitative estimate of drug-likeness (QED) is 0.703. The minimum absolute atomic E-state index is 0.00550. The summed E-state index contributed by atoms with van der Waals surface area (Å²) in [5.74, 6) is 0.00550. The molecule has 1 aliphatic rings. The third-order valence-corrected chi connectivity index (χ3v) is 4.96. The van der Waals surface area contributed by atoms with Gasteiger partial charge >= 0.3 is 0 Å². The Morgan fingerprint density at radius 1 is 1.25 bits per heavy atom. The van der Waals surface area contributed by atoms with Crippen molar-refractivity contribution in [2.45, 2.75) is 38.9 Å². The Morgan fingerprint density at radius 3 is 2.89 bits per heavy atom. The van der Waals surface area contributed by atoms with Crippen LogP contribution in [0.2, 0.25) is 0 Å². The van der Waals surface area contributed by atoms with Gasteiger partial charge in [-0.2, -0.15) is 5.10 Å². The number of likely N-dealkylation sites (tertiary alicyclic amines) is 1. The molecule has 0 radical (unpaired) electrons. The number of hydrogen-bond acceptors (Lipinski definition) is 5. The van der Waals surface area contributed by atoms with Gasteiger partial charge in [0.2, 0.25) is 5.91 Å². The molecule has 0 bridgehead atoms. The van der Waals surface area contributed by atoms with E-state index < -0.39 is 0 Å². The van der Waals surface area contributed by atoms with E-state index in [4.69, 9.17) is 0 Å². The number of carbonyl (C=O) groups excluding carboxylic acids is 1. The van der Waals surface area contributed by atoms with Crippen molar-refractivity contribution >= 4 is 5.91 Å². The molecule has 1 N–H and O–H groups in total. The number of amides is 1. The molecule has 1 atom stereocenters. The highest BCUT2D eigenvalue weighted by Crippen LogP contribution is 2.15. The van der Waals surface area contributed by atoms with E-state index >= 15 is 0 Å². The average molecular weight is 379 g/mol. The predicted octanol–water partition coefficient (Wildman–Crippen LogP) is 1.55. The van der Waals surface area contributed by atoms with Gasteiger partial charge in [-0.25, -0.2) is 4.68 Å². The van der Waals surface area contributed by atoms with E-state index in [1.54, 1.807) is 4.68 Å². The smallest absolute Gasteiger partial charge is 0.241 e. The number of rotatable bonds is 6. The first-order valence-corrected chi connectivity index (χ1v) is 9.64. The summed E-state index contributed by atoms with van der Waals surface area (Å²) in [5, 5.41) is 15.7. The molecular formula is C20H25N7O. The lowest BCUT2D eigenvalue weighted by Crippen LogP contribution is -2.48. The van der Waals surface area contributed by atoms with Gasteiger partial charge in [-0.05, 0) is 44.5 Å². The van der Waals surface area contributed by atoms with Crippen LogP contribution >= 0.6 is 0 Å². The second kappa shape index (κ2) is 8.35. The summed E-state index contributed by atoms with van der Waals surface area (Å²) in [7, 11) is 0. The summed E-state index contributed by atoms with van der Waals surface area (Å²) in [6.07, 6.45) is 5.70. The van der Waals surface area contributed by atoms with E-state index in [0.29, 0.717) is 0 Å². The van der Waals surface area contributed by atoms with Crippen molar-refractivity contribution in [3.05, 3.63) is 60.2 Å². The first kappa shape index (κ1) is 18.4. The van der Waals surface area contributed by atoms with Crippen molar-refractivity contribution < 1.29 is 4.79 Å². The summed E-state index contributed by atoms with van der Waals surface area (Å²) in [6.45, 7) is 4.76. The number of para-hydroxylation sites is 1. The van der Waals surface area contributed by atoms with Crippen LogP contribution in [0.4, 0.5) is 0 Å². The van der Waals surface area contributed by atoms with E-state index in [0.717, 1.165) is 49.6 Å². The first-order valence-electron chi connectivity index (χ1n) is 9.64. The normalized spacial score (nSPS) is 17.5. The van der Waals surface area contributed by atoms with Crippen LogP contribution in [0.1, 0.15) is 24.2 Å². The number of nitrogens with one attached hydrogen (secondary N) is 1. The maximum absolute atomic E-state index is 12.3. The van der Waals surface area contributed by atoms with E-state index in [-0.39, 0.29) is 18.5 Å². The minimum atomic E-state index is 0.00550. The Balaban J connectivity index is 1.34. The van der Waals surface area contributed by atoms with Gasteiger partial charge in [0.05, 0.1) is 23.3 Å². The largest absolute Gasteiger partial charge is 0.350 e. The van der Waals surface area contributed by atoms with Crippen molar-refractivity contribution in [1.29, 1.82) is 0 Å². The number of piperidine rings is 1. The number of hydrogen-bond donors (Lipinski definition) is 1. The number of aryl methyl sites for hydroxylation is 1. The third kappa shape index (κ3) is 4.45. The highest BCUT2D eigenvalue weighted by atomic mass is 16.2. The Hall–Kier alpha value is -3.00. The number of nitrogens with zero attached hydrogens (tertiary/aromatic N) is 6. The summed E-state index contributed by atoms with van der Waals surface area (Å²) in [5.41, 5.74) is 2.97. The molecule has 8 nitrogen and oxygen atoms in total. The predicted molar refractivity (Wildman–Crippen MR) is 105 cm³/mol. The van der Waals surface area contributed by atoms with E-state index in [1.165, 1.54) is 0 Å². The van der Waals surface area contributed by atoms with Gasteiger partial charge in [-0.3, -0.25) is 14.4 Å². The molecule has 3 heterocycles. The fraction of sp³-hybridized carbons (Fsp3) is 0.400. The molecule has 4 rings (SSSR count). The van der Waals surface area contributed by atoms with Gasteiger partial charge in [-0.1, -0.05) is 23.4 Å². The topological polar surface area (TPSA) is 80.9 Å². The molecule has 1 amide bonds. The molecule has 1 saturated heterocycles. The van der Waals surface area contributed by atoms with Crippen LogP contribution in [-0.4, -0.2) is 54.7 Å². The standard InChI is InChI=1S/C20H25N7O/c1-16-9-11-26(23-16)15-20(28)22-17-6-5-10-25(13-17)14-19-12-21-24-27(19)18-7-3-2-4-8-18/h2-4,7-9,11-12,17H,5-6,10,13-15H2,1H3,(H,22,28). The molecule has 0 saturated carbocycles. The molecule has 2 aromatic heterocycles. The molecule has 28 heavy (non-hydrogen) atoms. The van der Waals surface area contributed by atoms with Crippen molar-refractivity contribution in [3.8, 4) is 5.69 Å². The number of carbonyl (C=O) groups is 1. The summed E-state index contributed by atoms with van der Waals surface area (Å²) >= 11 is 0. The van der Waals surface area contributed by atoms with Crippen LogP contribution < -0.4 is 5.32 Å². The molecule has 1 aliphatic heterocycles. The minimum Gasteiger partial charge on any atom is -0.350 e.